The summed E-state index contributed by atoms with van der Waals surface area (Å²) in [4.78, 5) is 37.7. The molecule has 0 bridgehead atoms. The van der Waals surface area contributed by atoms with Crippen LogP contribution in [0.25, 0.3) is 21.9 Å². The Kier molecular flexibility index (Phi) is 5.42. The summed E-state index contributed by atoms with van der Waals surface area (Å²) < 4.78 is 19.1. The number of aromatic nitrogens is 3. The molecule has 0 unspecified atom stereocenters. The zero-order valence-electron chi connectivity index (χ0n) is 17.3. The third-order valence-corrected chi connectivity index (χ3v) is 5.61. The van der Waals surface area contributed by atoms with Crippen molar-refractivity contribution in [2.75, 3.05) is 38.2 Å². The quantitative estimate of drug-likeness (QED) is 0.447. The van der Waals surface area contributed by atoms with E-state index < -0.39 is 17.3 Å². The van der Waals surface area contributed by atoms with Crippen LogP contribution in [0.2, 0.25) is 0 Å². The number of hydrogen-bond acceptors (Lipinski definition) is 5. The van der Waals surface area contributed by atoms with Gasteiger partial charge in [0.2, 0.25) is 5.56 Å². The number of rotatable bonds is 5. The van der Waals surface area contributed by atoms with Gasteiger partial charge in [0.15, 0.2) is 0 Å². The Labute approximate surface area is 182 Å². The summed E-state index contributed by atoms with van der Waals surface area (Å²) in [6.07, 6.45) is 0.792. The van der Waals surface area contributed by atoms with E-state index in [0.717, 1.165) is 56.1 Å². The third kappa shape index (κ3) is 4.25. The molecule has 0 spiro atoms. The lowest BCUT2D eigenvalue weighted by molar-refractivity contribution is 0.0382. The number of nitrogens with one attached hydrogen (secondary N) is 3. The largest absolute Gasteiger partial charge is 0.379 e. The van der Waals surface area contributed by atoms with Crippen LogP contribution < -0.4 is 10.9 Å². The second kappa shape index (κ2) is 8.52. The van der Waals surface area contributed by atoms with Gasteiger partial charge in [0.25, 0.3) is 5.91 Å². The molecule has 8 nitrogen and oxygen atoms in total. The Bertz CT molecular complexity index is 1360. The summed E-state index contributed by atoms with van der Waals surface area (Å²) in [5, 5.41) is 3.14. The summed E-state index contributed by atoms with van der Waals surface area (Å²) in [6, 6.07) is 10.5. The number of imidazole rings is 1. The molecule has 1 fully saturated rings. The maximum atomic E-state index is 13.7. The molecule has 2 aromatic heterocycles. The molecule has 9 heteroatoms. The minimum atomic E-state index is -0.488. The first-order valence-electron chi connectivity index (χ1n) is 10.5. The van der Waals surface area contributed by atoms with Crippen LogP contribution in [0.4, 0.5) is 10.1 Å². The highest BCUT2D eigenvalue weighted by atomic mass is 19.1. The minimum absolute atomic E-state index is 0.110. The molecular weight excluding hydrogens is 413 g/mol. The van der Waals surface area contributed by atoms with Gasteiger partial charge in [-0.3, -0.25) is 14.5 Å². The van der Waals surface area contributed by atoms with Gasteiger partial charge in [-0.05, 0) is 36.4 Å². The standard InChI is InChI=1S/C23H22FN5O3/c24-14-1-3-18-16(11-14)17(13-22(30)28-18)23(31)25-15-2-4-19-20(12-15)27-21(26-19)5-6-29-7-9-32-10-8-29/h1-4,11-13H,5-10H2,(H,25,31)(H,26,27)(H,28,30). The fourth-order valence-electron chi connectivity index (χ4n) is 3.96. The van der Waals surface area contributed by atoms with E-state index in [1.807, 2.05) is 6.07 Å². The Balaban J connectivity index is 1.35. The Morgan fingerprint density at radius 1 is 1.09 bits per heavy atom. The van der Waals surface area contributed by atoms with Crippen LogP contribution in [0.5, 0.6) is 0 Å². The number of fused-ring (bicyclic) bond motifs is 2. The lowest BCUT2D eigenvalue weighted by atomic mass is 10.1. The fraction of sp³-hybridized carbons (Fsp3) is 0.261. The average molecular weight is 435 g/mol. The van der Waals surface area contributed by atoms with Crippen molar-refractivity contribution in [3.8, 4) is 0 Å². The number of morpholine rings is 1. The molecule has 164 valence electrons. The van der Waals surface area contributed by atoms with Gasteiger partial charge in [0.1, 0.15) is 11.6 Å². The SMILES string of the molecule is O=C(Nc1ccc2nc(CCN3CCOCC3)[nH]c2c1)c1cc(=O)[nH]c2ccc(F)cc12. The number of carbonyl (C=O) groups is 1. The highest BCUT2D eigenvalue weighted by molar-refractivity contribution is 6.12. The Hall–Kier alpha value is -3.56. The number of aromatic amines is 2. The van der Waals surface area contributed by atoms with Crippen LogP contribution in [0.1, 0.15) is 16.2 Å². The summed E-state index contributed by atoms with van der Waals surface area (Å²) in [6.45, 7) is 4.28. The van der Waals surface area contributed by atoms with Gasteiger partial charge < -0.3 is 20.0 Å². The van der Waals surface area contributed by atoms with E-state index >= 15 is 0 Å². The smallest absolute Gasteiger partial charge is 0.256 e. The molecule has 1 amide bonds. The van der Waals surface area contributed by atoms with E-state index in [4.69, 9.17) is 4.74 Å². The van der Waals surface area contributed by atoms with Crippen molar-refractivity contribution in [3.05, 3.63) is 70.0 Å². The molecule has 0 saturated carbocycles. The second-order valence-corrected chi connectivity index (χ2v) is 7.81. The Morgan fingerprint density at radius 2 is 1.94 bits per heavy atom. The first-order chi connectivity index (χ1) is 15.5. The predicted molar refractivity (Wildman–Crippen MR) is 120 cm³/mol. The van der Waals surface area contributed by atoms with E-state index in [1.165, 1.54) is 24.3 Å². The number of anilines is 1. The summed E-state index contributed by atoms with van der Waals surface area (Å²) in [5.41, 5.74) is 2.25. The van der Waals surface area contributed by atoms with Crippen molar-refractivity contribution in [1.29, 1.82) is 0 Å². The summed E-state index contributed by atoms with van der Waals surface area (Å²) >= 11 is 0. The van der Waals surface area contributed by atoms with Crippen LogP contribution in [0.3, 0.4) is 0 Å². The number of nitrogens with zero attached hydrogens (tertiary/aromatic N) is 2. The van der Waals surface area contributed by atoms with Crippen molar-refractivity contribution >= 4 is 33.5 Å². The molecule has 4 aromatic rings. The van der Waals surface area contributed by atoms with Crippen molar-refractivity contribution in [3.63, 3.8) is 0 Å². The predicted octanol–water partition coefficient (Wildman–Crippen LogP) is 2.67. The monoisotopic (exact) mass is 435 g/mol. The zero-order chi connectivity index (χ0) is 22.1. The molecule has 1 aliphatic rings. The molecule has 3 heterocycles. The summed E-state index contributed by atoms with van der Waals surface area (Å²) in [7, 11) is 0. The maximum absolute atomic E-state index is 13.7. The third-order valence-electron chi connectivity index (χ3n) is 5.61. The summed E-state index contributed by atoms with van der Waals surface area (Å²) in [5.74, 6) is -0.0915. The van der Waals surface area contributed by atoms with E-state index in [0.29, 0.717) is 16.6 Å². The van der Waals surface area contributed by atoms with Crippen LogP contribution >= 0.6 is 0 Å². The average Bonchev–Trinajstić information content (AvgIpc) is 3.20. The van der Waals surface area contributed by atoms with Gasteiger partial charge in [0, 0.05) is 48.7 Å². The van der Waals surface area contributed by atoms with Gasteiger partial charge in [0.05, 0.1) is 29.8 Å². The van der Waals surface area contributed by atoms with Crippen molar-refractivity contribution in [1.82, 2.24) is 19.9 Å². The molecule has 3 N–H and O–H groups in total. The molecule has 0 atom stereocenters. The zero-order valence-corrected chi connectivity index (χ0v) is 17.3. The molecule has 2 aromatic carbocycles. The normalized spacial score (nSPS) is 14.8. The van der Waals surface area contributed by atoms with Crippen molar-refractivity contribution in [2.45, 2.75) is 6.42 Å². The number of pyridine rings is 1. The van der Waals surface area contributed by atoms with E-state index in [-0.39, 0.29) is 5.56 Å². The van der Waals surface area contributed by atoms with Crippen LogP contribution in [0.15, 0.2) is 47.3 Å². The highest BCUT2D eigenvalue weighted by Crippen LogP contribution is 2.21. The molecule has 1 saturated heterocycles. The molecular formula is C23H22FN5O3. The number of hydrogen-bond donors (Lipinski definition) is 3. The lowest BCUT2D eigenvalue weighted by Gasteiger charge is -2.25. The van der Waals surface area contributed by atoms with Crippen LogP contribution in [0, 0.1) is 5.82 Å². The van der Waals surface area contributed by atoms with Gasteiger partial charge in [-0.1, -0.05) is 0 Å². The molecule has 5 rings (SSSR count). The number of halogens is 1. The van der Waals surface area contributed by atoms with Crippen molar-refractivity contribution < 1.29 is 13.9 Å². The number of ether oxygens (including phenoxy) is 1. The van der Waals surface area contributed by atoms with E-state index in [2.05, 4.69) is 25.2 Å². The molecule has 32 heavy (non-hydrogen) atoms. The number of benzene rings is 2. The fourth-order valence-corrected chi connectivity index (χ4v) is 3.96. The molecule has 0 radical (unpaired) electrons. The molecule has 0 aliphatic carbocycles. The van der Waals surface area contributed by atoms with Gasteiger partial charge in [-0.25, -0.2) is 9.37 Å². The van der Waals surface area contributed by atoms with Crippen molar-refractivity contribution in [2.24, 2.45) is 0 Å². The number of carbonyl (C=O) groups excluding carboxylic acids is 1. The van der Waals surface area contributed by atoms with E-state index in [1.54, 1.807) is 12.1 Å². The first kappa shape index (κ1) is 20.3. The minimum Gasteiger partial charge on any atom is -0.379 e. The lowest BCUT2D eigenvalue weighted by Crippen LogP contribution is -2.37. The first-order valence-corrected chi connectivity index (χ1v) is 10.5. The van der Waals surface area contributed by atoms with Gasteiger partial charge >= 0.3 is 0 Å². The topological polar surface area (TPSA) is 103 Å². The second-order valence-electron chi connectivity index (χ2n) is 7.81. The van der Waals surface area contributed by atoms with Gasteiger partial charge in [-0.2, -0.15) is 0 Å². The van der Waals surface area contributed by atoms with Crippen LogP contribution in [-0.2, 0) is 11.2 Å². The number of H-pyrrole nitrogens is 2. The van der Waals surface area contributed by atoms with Gasteiger partial charge in [-0.15, -0.1) is 0 Å². The highest BCUT2D eigenvalue weighted by Gasteiger charge is 2.15. The van der Waals surface area contributed by atoms with E-state index in [9.17, 15) is 14.0 Å². The molecule has 1 aliphatic heterocycles. The van der Waals surface area contributed by atoms with Crippen LogP contribution in [-0.4, -0.2) is 58.6 Å². The number of amides is 1. The maximum Gasteiger partial charge on any atom is 0.256 e. The Morgan fingerprint density at radius 3 is 2.78 bits per heavy atom.